The molecule has 0 radical (unpaired) electrons. The number of amides is 2. The molecule has 1 aliphatic carbocycles. The van der Waals surface area contributed by atoms with Crippen molar-refractivity contribution in [1.29, 1.82) is 0 Å². The molecule has 3 aromatic carbocycles. The highest BCUT2D eigenvalue weighted by atomic mass is 35.6. The topological polar surface area (TPSA) is 62.3 Å². The highest BCUT2D eigenvalue weighted by Crippen LogP contribution is 2.36. The molecule has 3 aromatic rings. The van der Waals surface area contributed by atoms with E-state index in [0.29, 0.717) is 41.6 Å². The van der Waals surface area contributed by atoms with Gasteiger partial charge in [-0.15, -0.1) is 0 Å². The smallest absolute Gasteiger partial charge is 0.275 e. The Kier molecular flexibility index (Phi) is 12.7. The van der Waals surface area contributed by atoms with Gasteiger partial charge in [-0.25, -0.2) is 4.39 Å². The lowest BCUT2D eigenvalue weighted by Gasteiger charge is -2.40. The van der Waals surface area contributed by atoms with Gasteiger partial charge in [0.15, 0.2) is 0 Å². The number of morpholine rings is 1. The predicted molar refractivity (Wildman–Crippen MR) is 185 cm³/mol. The summed E-state index contributed by atoms with van der Waals surface area (Å²) < 4.78 is 23.2. The first-order valence-corrected chi connectivity index (χ1v) is 17.3. The second kappa shape index (κ2) is 16.7. The summed E-state index contributed by atoms with van der Waals surface area (Å²) in [7, 11) is 0. The number of ether oxygens (including phenoxy) is 2. The van der Waals surface area contributed by atoms with E-state index < -0.39 is 15.5 Å². The van der Waals surface area contributed by atoms with Crippen molar-refractivity contribution in [3.8, 4) is 5.75 Å². The third-order valence-corrected chi connectivity index (χ3v) is 9.39. The average Bonchev–Trinajstić information content (AvgIpc) is 3.07. The van der Waals surface area contributed by atoms with Gasteiger partial charge in [-0.1, -0.05) is 71.0 Å². The number of anilines is 1. The summed E-state index contributed by atoms with van der Waals surface area (Å²) in [6.07, 6.45) is 3.00. The highest BCUT2D eigenvalue weighted by Gasteiger charge is 2.40. The van der Waals surface area contributed by atoms with E-state index in [2.05, 4.69) is 4.90 Å². The van der Waals surface area contributed by atoms with E-state index in [1.165, 1.54) is 24.3 Å². The van der Waals surface area contributed by atoms with Crippen LogP contribution in [0.15, 0.2) is 72.8 Å². The van der Waals surface area contributed by atoms with E-state index in [9.17, 15) is 14.0 Å². The van der Waals surface area contributed by atoms with Gasteiger partial charge in [0.05, 0.1) is 13.2 Å². The van der Waals surface area contributed by atoms with Crippen LogP contribution in [-0.4, -0.2) is 77.4 Å². The molecule has 252 valence electrons. The van der Waals surface area contributed by atoms with Gasteiger partial charge in [-0.2, -0.15) is 0 Å². The molecule has 12 heteroatoms. The van der Waals surface area contributed by atoms with E-state index in [0.717, 1.165) is 57.7 Å². The Morgan fingerprint density at radius 1 is 0.979 bits per heavy atom. The number of carbonyl (C=O) groups is 2. The number of carbonyl (C=O) groups excluding carboxylic acids is 2. The highest BCUT2D eigenvalue weighted by molar-refractivity contribution is 6.76. The maximum absolute atomic E-state index is 14.0. The third-order valence-electron chi connectivity index (χ3n) is 8.65. The number of benzene rings is 3. The molecule has 47 heavy (non-hydrogen) atoms. The molecule has 2 atom stereocenters. The van der Waals surface area contributed by atoms with E-state index in [1.54, 1.807) is 21.9 Å². The quantitative estimate of drug-likeness (QED) is 0.189. The first kappa shape index (κ1) is 35.7. The van der Waals surface area contributed by atoms with Crippen LogP contribution in [0.4, 0.5) is 10.1 Å². The second-order valence-electron chi connectivity index (χ2n) is 12.0. The van der Waals surface area contributed by atoms with Gasteiger partial charge in [0.25, 0.3) is 15.6 Å². The molecule has 0 aromatic heterocycles. The van der Waals surface area contributed by atoms with Crippen LogP contribution in [-0.2, 0) is 16.1 Å². The monoisotopic (exact) mass is 723 g/mol. The van der Waals surface area contributed by atoms with Crippen molar-refractivity contribution in [2.24, 2.45) is 5.92 Å². The lowest BCUT2D eigenvalue weighted by molar-refractivity contribution is -0.134. The summed E-state index contributed by atoms with van der Waals surface area (Å²) in [5.74, 6) is -0.591. The van der Waals surface area contributed by atoms with Crippen molar-refractivity contribution in [1.82, 2.24) is 9.80 Å². The minimum atomic E-state index is -2.12. The van der Waals surface area contributed by atoms with Crippen LogP contribution in [0.25, 0.3) is 0 Å². The normalized spacial score (nSPS) is 18.8. The fraction of sp³-hybridized carbons (Fsp3) is 0.429. The summed E-state index contributed by atoms with van der Waals surface area (Å²) in [5, 5.41) is 0.586. The van der Waals surface area contributed by atoms with Gasteiger partial charge in [-0.3, -0.25) is 14.5 Å². The summed E-state index contributed by atoms with van der Waals surface area (Å²) in [6.45, 7) is 5.08. The Hall–Kier alpha value is -2.59. The van der Waals surface area contributed by atoms with Crippen LogP contribution in [0.1, 0.15) is 41.6 Å². The second-order valence-corrected chi connectivity index (χ2v) is 14.7. The molecular weight excluding hydrogens is 687 g/mol. The maximum atomic E-state index is 14.0. The number of nitrogens with zero attached hydrogens (tertiary/aromatic N) is 3. The Bertz CT molecular complexity index is 1480. The zero-order chi connectivity index (χ0) is 33.4. The molecule has 5 rings (SSSR count). The average molecular weight is 726 g/mol. The third kappa shape index (κ3) is 10.2. The van der Waals surface area contributed by atoms with Gasteiger partial charge in [0.1, 0.15) is 18.2 Å². The lowest BCUT2D eigenvalue weighted by atomic mass is 9.84. The molecular formula is C35H38Cl4FN3O4. The Morgan fingerprint density at radius 2 is 1.70 bits per heavy atom. The Morgan fingerprint density at radius 3 is 2.40 bits per heavy atom. The molecule has 0 spiro atoms. The molecule has 1 heterocycles. The Labute approximate surface area is 295 Å². The van der Waals surface area contributed by atoms with Crippen LogP contribution >= 0.6 is 46.4 Å². The van der Waals surface area contributed by atoms with Crippen molar-refractivity contribution in [2.75, 3.05) is 50.9 Å². The van der Waals surface area contributed by atoms with E-state index in [4.69, 9.17) is 55.9 Å². The number of alkyl halides is 3. The van der Waals surface area contributed by atoms with Gasteiger partial charge >= 0.3 is 0 Å². The molecule has 2 fully saturated rings. The van der Waals surface area contributed by atoms with Crippen molar-refractivity contribution < 1.29 is 23.5 Å². The van der Waals surface area contributed by atoms with E-state index >= 15 is 0 Å². The minimum absolute atomic E-state index is 0.0277. The van der Waals surface area contributed by atoms with Crippen LogP contribution < -0.4 is 9.64 Å². The molecule has 1 saturated heterocycles. The van der Waals surface area contributed by atoms with Crippen LogP contribution in [0.3, 0.4) is 0 Å². The van der Waals surface area contributed by atoms with Crippen molar-refractivity contribution in [3.05, 3.63) is 94.8 Å². The standard InChI is InChI=1S/C35H38Cl4FN3O4/c36-28-11-7-25(8-12-28)23-43(34(45)35(37,38)39)30-4-1-3-26(21-30)24-42(33(44)27-9-13-29(40)14-10-27)31-5-2-6-32(22-31)47-20-17-41-15-18-46-19-16-41/h2,5-14,22,26,30H,1,3-4,15-21,23-24H2. The maximum Gasteiger partial charge on any atom is 0.275 e. The predicted octanol–water partition coefficient (Wildman–Crippen LogP) is 7.79. The first-order chi connectivity index (χ1) is 22.6. The fourth-order valence-electron chi connectivity index (χ4n) is 6.20. The van der Waals surface area contributed by atoms with Gasteiger partial charge in [-0.05, 0) is 79.3 Å². The summed E-state index contributed by atoms with van der Waals surface area (Å²) in [5.41, 5.74) is 1.89. The largest absolute Gasteiger partial charge is 0.492 e. The van der Waals surface area contributed by atoms with Crippen LogP contribution in [0.2, 0.25) is 5.02 Å². The van der Waals surface area contributed by atoms with Gasteiger partial charge in [0.2, 0.25) is 0 Å². The van der Waals surface area contributed by atoms with Crippen molar-refractivity contribution in [3.63, 3.8) is 0 Å². The summed E-state index contributed by atoms with van der Waals surface area (Å²) in [4.78, 5) is 33.1. The molecule has 2 unspecified atom stereocenters. The summed E-state index contributed by atoms with van der Waals surface area (Å²) >= 11 is 24.5. The van der Waals surface area contributed by atoms with Crippen LogP contribution in [0.5, 0.6) is 5.75 Å². The number of hydrogen-bond donors (Lipinski definition) is 0. The van der Waals surface area contributed by atoms with E-state index in [-0.39, 0.29) is 24.4 Å². The molecule has 0 N–H and O–H groups in total. The zero-order valence-electron chi connectivity index (χ0n) is 25.9. The first-order valence-electron chi connectivity index (χ1n) is 15.8. The van der Waals surface area contributed by atoms with Crippen molar-refractivity contribution in [2.45, 2.75) is 42.1 Å². The molecule has 1 aliphatic heterocycles. The molecule has 2 amide bonds. The fourth-order valence-corrected chi connectivity index (χ4v) is 6.65. The van der Waals surface area contributed by atoms with Crippen LogP contribution in [0, 0.1) is 11.7 Å². The van der Waals surface area contributed by atoms with Gasteiger partial charge < -0.3 is 19.3 Å². The number of rotatable bonds is 11. The SMILES string of the molecule is O=C(c1ccc(F)cc1)N(CC1CCCC(N(Cc2ccc(Cl)cc2)C(=O)C(Cl)(Cl)Cl)C1)c1cccc(OCCN2CCOCC2)c1. The van der Waals surface area contributed by atoms with E-state index in [1.807, 2.05) is 36.4 Å². The van der Waals surface area contributed by atoms with Gasteiger partial charge in [0, 0.05) is 61.1 Å². The number of halogens is 5. The zero-order valence-corrected chi connectivity index (χ0v) is 29.0. The lowest BCUT2D eigenvalue weighted by Crippen LogP contribution is -2.48. The molecule has 0 bridgehead atoms. The van der Waals surface area contributed by atoms with Crippen molar-refractivity contribution >= 4 is 63.9 Å². The Balaban J connectivity index is 1.35. The molecule has 2 aliphatic rings. The minimum Gasteiger partial charge on any atom is -0.492 e. The molecule has 7 nitrogen and oxygen atoms in total. The molecule has 1 saturated carbocycles. The summed E-state index contributed by atoms with van der Waals surface area (Å²) in [6, 6.07) is 20.0. The number of hydrogen-bond acceptors (Lipinski definition) is 5.